The van der Waals surface area contributed by atoms with Gasteiger partial charge < -0.3 is 14.0 Å². The fourth-order valence-corrected chi connectivity index (χ4v) is 3.65. The molecule has 0 radical (unpaired) electrons. The van der Waals surface area contributed by atoms with E-state index in [4.69, 9.17) is 14.0 Å². The van der Waals surface area contributed by atoms with Crippen molar-refractivity contribution in [1.29, 1.82) is 0 Å². The van der Waals surface area contributed by atoms with Crippen LogP contribution in [0.2, 0.25) is 0 Å². The quantitative estimate of drug-likeness (QED) is 0.836. The summed E-state index contributed by atoms with van der Waals surface area (Å²) in [6.45, 7) is 6.70. The first-order chi connectivity index (χ1) is 10.7. The van der Waals surface area contributed by atoms with Gasteiger partial charge in [0.2, 0.25) is 0 Å². The van der Waals surface area contributed by atoms with Crippen LogP contribution in [0.15, 0.2) is 10.6 Å². The summed E-state index contributed by atoms with van der Waals surface area (Å²) in [7, 11) is 0. The molecule has 3 aliphatic rings. The highest BCUT2D eigenvalue weighted by molar-refractivity contribution is 5.04. The van der Waals surface area contributed by atoms with Crippen molar-refractivity contribution in [2.75, 3.05) is 26.3 Å². The van der Waals surface area contributed by atoms with Crippen LogP contribution in [-0.2, 0) is 16.0 Å². The Morgan fingerprint density at radius 2 is 2.18 bits per heavy atom. The van der Waals surface area contributed by atoms with Gasteiger partial charge in [0.1, 0.15) is 5.76 Å². The van der Waals surface area contributed by atoms with Crippen LogP contribution in [0.25, 0.3) is 0 Å². The van der Waals surface area contributed by atoms with E-state index in [1.54, 1.807) is 0 Å². The van der Waals surface area contributed by atoms with Crippen LogP contribution in [0.3, 0.4) is 0 Å². The monoisotopic (exact) mass is 306 g/mol. The van der Waals surface area contributed by atoms with E-state index in [1.165, 1.54) is 12.8 Å². The minimum absolute atomic E-state index is 0.0739. The predicted octanol–water partition coefficient (Wildman–Crippen LogP) is 2.53. The molecule has 1 aromatic heterocycles. The molecule has 0 unspecified atom stereocenters. The van der Waals surface area contributed by atoms with Crippen molar-refractivity contribution in [2.45, 2.75) is 57.3 Å². The highest BCUT2D eigenvalue weighted by Crippen LogP contribution is 2.38. The van der Waals surface area contributed by atoms with Crippen molar-refractivity contribution in [3.8, 4) is 0 Å². The Kier molecular flexibility index (Phi) is 3.96. The molecule has 2 aliphatic heterocycles. The molecule has 1 atom stereocenters. The zero-order valence-corrected chi connectivity index (χ0v) is 13.4. The summed E-state index contributed by atoms with van der Waals surface area (Å²) in [6, 6.07) is 2.03. The fourth-order valence-electron chi connectivity index (χ4n) is 3.65. The number of aromatic nitrogens is 1. The molecule has 1 aliphatic carbocycles. The van der Waals surface area contributed by atoms with Gasteiger partial charge in [-0.25, -0.2) is 0 Å². The molecule has 4 rings (SSSR count). The molecule has 0 aromatic carbocycles. The second-order valence-corrected chi connectivity index (χ2v) is 7.30. The maximum atomic E-state index is 6.16. The van der Waals surface area contributed by atoms with Crippen LogP contribution < -0.4 is 0 Å². The normalized spacial score (nSPS) is 28.5. The standard InChI is InChI=1S/C17H26N2O3/c1-13-8-15(18-22-13)10-19-6-4-17(5-7-19)9-16(12-21-17)20-11-14-2-3-14/h8,14,16H,2-7,9-12H2,1H3/t16-/m0/s1. The third-order valence-corrected chi connectivity index (χ3v) is 5.27. The van der Waals surface area contributed by atoms with Crippen molar-refractivity contribution in [1.82, 2.24) is 10.1 Å². The Morgan fingerprint density at radius 3 is 2.86 bits per heavy atom. The minimum atomic E-state index is 0.0739. The van der Waals surface area contributed by atoms with E-state index in [9.17, 15) is 0 Å². The van der Waals surface area contributed by atoms with Crippen LogP contribution in [0, 0.1) is 12.8 Å². The number of hydrogen-bond acceptors (Lipinski definition) is 5. The lowest BCUT2D eigenvalue weighted by Crippen LogP contribution is -2.44. The van der Waals surface area contributed by atoms with E-state index in [0.717, 1.165) is 69.5 Å². The van der Waals surface area contributed by atoms with Gasteiger partial charge in [-0.15, -0.1) is 0 Å². The lowest BCUT2D eigenvalue weighted by molar-refractivity contribution is -0.0469. The van der Waals surface area contributed by atoms with Gasteiger partial charge in [0, 0.05) is 38.7 Å². The van der Waals surface area contributed by atoms with Crippen LogP contribution in [-0.4, -0.2) is 48.1 Å². The van der Waals surface area contributed by atoms with Gasteiger partial charge in [-0.3, -0.25) is 4.90 Å². The molecule has 5 nitrogen and oxygen atoms in total. The SMILES string of the molecule is Cc1cc(CN2CCC3(CC2)C[C@H](OCC2CC2)CO3)no1. The van der Waals surface area contributed by atoms with Gasteiger partial charge in [0.25, 0.3) is 0 Å². The third kappa shape index (κ3) is 3.36. The van der Waals surface area contributed by atoms with Gasteiger partial charge in [-0.2, -0.15) is 0 Å². The molecule has 0 bridgehead atoms. The first kappa shape index (κ1) is 14.7. The van der Waals surface area contributed by atoms with Crippen molar-refractivity contribution in [3.05, 3.63) is 17.5 Å². The number of hydrogen-bond donors (Lipinski definition) is 0. The molecular formula is C17H26N2O3. The lowest BCUT2D eigenvalue weighted by Gasteiger charge is -2.38. The Hall–Kier alpha value is -0.910. The maximum absolute atomic E-state index is 6.16. The van der Waals surface area contributed by atoms with E-state index >= 15 is 0 Å². The van der Waals surface area contributed by atoms with Crippen LogP contribution in [0.4, 0.5) is 0 Å². The topological polar surface area (TPSA) is 47.7 Å². The Bertz CT molecular complexity index is 504. The van der Waals surface area contributed by atoms with E-state index in [1.807, 2.05) is 13.0 Å². The van der Waals surface area contributed by atoms with Crippen LogP contribution in [0.5, 0.6) is 0 Å². The van der Waals surface area contributed by atoms with Gasteiger partial charge >= 0.3 is 0 Å². The second-order valence-electron chi connectivity index (χ2n) is 7.30. The van der Waals surface area contributed by atoms with Gasteiger partial charge in [-0.1, -0.05) is 5.16 Å². The summed E-state index contributed by atoms with van der Waals surface area (Å²) in [6.07, 6.45) is 6.33. The highest BCUT2D eigenvalue weighted by Gasteiger charge is 2.43. The zero-order valence-electron chi connectivity index (χ0n) is 13.4. The summed E-state index contributed by atoms with van der Waals surface area (Å²) in [5.74, 6) is 1.72. The molecule has 2 saturated heterocycles. The number of nitrogens with zero attached hydrogens (tertiary/aromatic N) is 2. The Balaban J connectivity index is 1.24. The van der Waals surface area contributed by atoms with Gasteiger partial charge in [0.05, 0.1) is 24.0 Å². The molecule has 1 saturated carbocycles. The number of aryl methyl sites for hydroxylation is 1. The average molecular weight is 306 g/mol. The molecule has 1 spiro atoms. The Morgan fingerprint density at radius 1 is 1.36 bits per heavy atom. The fraction of sp³-hybridized carbons (Fsp3) is 0.824. The molecule has 1 aromatic rings. The first-order valence-corrected chi connectivity index (χ1v) is 8.61. The van der Waals surface area contributed by atoms with E-state index < -0.39 is 0 Å². The number of ether oxygens (including phenoxy) is 2. The molecule has 5 heteroatoms. The summed E-state index contributed by atoms with van der Waals surface area (Å²) < 4.78 is 17.3. The number of piperidine rings is 1. The zero-order chi connectivity index (χ0) is 15.0. The molecule has 3 fully saturated rings. The Labute approximate surface area is 131 Å². The predicted molar refractivity (Wildman–Crippen MR) is 81.5 cm³/mol. The van der Waals surface area contributed by atoms with E-state index in [2.05, 4.69) is 10.1 Å². The maximum Gasteiger partial charge on any atom is 0.133 e. The van der Waals surface area contributed by atoms with E-state index in [0.29, 0.717) is 6.10 Å². The summed E-state index contributed by atoms with van der Waals surface area (Å²) in [4.78, 5) is 2.45. The summed E-state index contributed by atoms with van der Waals surface area (Å²) in [5, 5.41) is 4.09. The smallest absolute Gasteiger partial charge is 0.133 e. The molecule has 0 amide bonds. The molecule has 22 heavy (non-hydrogen) atoms. The van der Waals surface area contributed by atoms with Gasteiger partial charge in [0.15, 0.2) is 0 Å². The van der Waals surface area contributed by atoms with E-state index in [-0.39, 0.29) is 5.60 Å². The minimum Gasteiger partial charge on any atom is -0.375 e. The van der Waals surface area contributed by atoms with Crippen molar-refractivity contribution in [2.24, 2.45) is 5.92 Å². The number of likely N-dealkylation sites (tertiary alicyclic amines) is 1. The van der Waals surface area contributed by atoms with Crippen molar-refractivity contribution in [3.63, 3.8) is 0 Å². The number of rotatable bonds is 5. The molecule has 122 valence electrons. The van der Waals surface area contributed by atoms with Gasteiger partial charge in [-0.05, 0) is 38.5 Å². The molecule has 3 heterocycles. The lowest BCUT2D eigenvalue weighted by atomic mass is 9.88. The largest absolute Gasteiger partial charge is 0.375 e. The molecular weight excluding hydrogens is 280 g/mol. The average Bonchev–Trinajstić information content (AvgIpc) is 3.14. The van der Waals surface area contributed by atoms with Crippen molar-refractivity contribution < 1.29 is 14.0 Å². The van der Waals surface area contributed by atoms with Crippen molar-refractivity contribution >= 4 is 0 Å². The highest BCUT2D eigenvalue weighted by atomic mass is 16.6. The third-order valence-electron chi connectivity index (χ3n) is 5.27. The first-order valence-electron chi connectivity index (χ1n) is 8.61. The molecule has 0 N–H and O–H groups in total. The van der Waals surface area contributed by atoms with Crippen LogP contribution >= 0.6 is 0 Å². The second kappa shape index (κ2) is 5.95. The summed E-state index contributed by atoms with van der Waals surface area (Å²) in [5.41, 5.74) is 1.11. The summed E-state index contributed by atoms with van der Waals surface area (Å²) >= 11 is 0. The van der Waals surface area contributed by atoms with Crippen LogP contribution in [0.1, 0.15) is 43.6 Å².